The number of nitrogens with one attached hydrogen (secondary N) is 1. The average Bonchev–Trinajstić information content (AvgIpc) is 3.06. The van der Waals surface area contributed by atoms with E-state index in [-0.39, 0.29) is 24.3 Å². The van der Waals surface area contributed by atoms with E-state index in [1.165, 1.54) is 0 Å². The molecule has 2 bridgehead atoms. The van der Waals surface area contributed by atoms with Crippen LogP contribution in [0.15, 0.2) is 23.8 Å². The molecule has 32 heavy (non-hydrogen) atoms. The number of halogens is 3. The number of nitrogens with zero attached hydrogens (tertiary/aromatic N) is 1. The molecule has 4 rings (SSSR count). The molecular weight excluding hydrogens is 445 g/mol. The van der Waals surface area contributed by atoms with E-state index in [0.717, 1.165) is 29.5 Å². The minimum absolute atomic E-state index is 0.0654. The Balaban J connectivity index is 1.62. The topological polar surface area (TPSA) is 75.7 Å². The number of rotatable bonds is 4. The molecular formula is C22H27F3N2O4S. The molecule has 1 saturated carbocycles. The second kappa shape index (κ2) is 8.14. The molecule has 2 aliphatic carbocycles. The molecule has 1 N–H and O–H groups in total. The highest BCUT2D eigenvalue weighted by Crippen LogP contribution is 2.50. The van der Waals surface area contributed by atoms with Crippen molar-refractivity contribution in [2.24, 2.45) is 11.8 Å². The number of esters is 1. The maximum Gasteiger partial charge on any atom is 0.402 e. The van der Waals surface area contributed by atoms with Crippen LogP contribution in [0.25, 0.3) is 6.08 Å². The molecule has 6 nitrogen and oxygen atoms in total. The fraction of sp³-hybridized carbons (Fsp3) is 0.591. The van der Waals surface area contributed by atoms with E-state index >= 15 is 0 Å². The molecule has 1 heterocycles. The van der Waals surface area contributed by atoms with Gasteiger partial charge in [0.1, 0.15) is 6.54 Å². The predicted molar refractivity (Wildman–Crippen MR) is 113 cm³/mol. The lowest BCUT2D eigenvalue weighted by Crippen LogP contribution is -2.52. The van der Waals surface area contributed by atoms with Gasteiger partial charge in [-0.25, -0.2) is 4.79 Å². The molecule has 0 unspecified atom stereocenters. The van der Waals surface area contributed by atoms with Crippen molar-refractivity contribution in [2.75, 3.05) is 19.7 Å². The average molecular weight is 473 g/mol. The molecule has 1 aromatic carbocycles. The number of alkyl halides is 3. The SMILES string of the molecule is CCOC(=O)C(C)=Cc1ccc2c(c1)C[C@H]1CC[C@@H](C2)[C@]12CN(CC(F)(F)F)S(=O)(=O)N2. The number of hydrogen-bond acceptors (Lipinski definition) is 4. The Morgan fingerprint density at radius 1 is 1.25 bits per heavy atom. The van der Waals surface area contributed by atoms with Gasteiger partial charge in [0.2, 0.25) is 0 Å². The van der Waals surface area contributed by atoms with E-state index in [1.54, 1.807) is 19.9 Å². The Morgan fingerprint density at radius 3 is 2.53 bits per heavy atom. The number of fused-ring (bicyclic) bond motifs is 1. The Bertz CT molecular complexity index is 1050. The van der Waals surface area contributed by atoms with Crippen LogP contribution >= 0.6 is 0 Å². The van der Waals surface area contributed by atoms with E-state index in [1.807, 2.05) is 18.2 Å². The summed E-state index contributed by atoms with van der Waals surface area (Å²) in [4.78, 5) is 11.9. The fourth-order valence-electron chi connectivity index (χ4n) is 5.51. The molecule has 1 spiro atoms. The maximum atomic E-state index is 13.0. The van der Waals surface area contributed by atoms with Crippen molar-refractivity contribution in [3.63, 3.8) is 0 Å². The minimum Gasteiger partial charge on any atom is -0.463 e. The van der Waals surface area contributed by atoms with Gasteiger partial charge in [0.05, 0.1) is 12.1 Å². The lowest BCUT2D eigenvalue weighted by Gasteiger charge is -2.33. The van der Waals surface area contributed by atoms with Gasteiger partial charge in [-0.15, -0.1) is 0 Å². The number of benzene rings is 1. The van der Waals surface area contributed by atoms with Gasteiger partial charge in [-0.05, 0) is 74.1 Å². The summed E-state index contributed by atoms with van der Waals surface area (Å²) >= 11 is 0. The van der Waals surface area contributed by atoms with Crippen LogP contribution in [0, 0.1) is 11.8 Å². The van der Waals surface area contributed by atoms with E-state index in [4.69, 9.17) is 4.74 Å². The van der Waals surface area contributed by atoms with Crippen molar-refractivity contribution in [3.05, 3.63) is 40.5 Å². The van der Waals surface area contributed by atoms with E-state index in [2.05, 4.69) is 4.72 Å². The Labute approximate surface area is 186 Å². The summed E-state index contributed by atoms with van der Waals surface area (Å²) < 4.78 is 72.3. The van der Waals surface area contributed by atoms with E-state index in [0.29, 0.717) is 29.3 Å². The van der Waals surface area contributed by atoms with Crippen LogP contribution < -0.4 is 4.72 Å². The zero-order valence-corrected chi connectivity index (χ0v) is 18.9. The van der Waals surface area contributed by atoms with Gasteiger partial charge >= 0.3 is 12.1 Å². The molecule has 0 amide bonds. The monoisotopic (exact) mass is 472 g/mol. The van der Waals surface area contributed by atoms with Crippen LogP contribution in [0.3, 0.4) is 0 Å². The molecule has 1 aliphatic heterocycles. The molecule has 176 valence electrons. The third-order valence-corrected chi connectivity index (χ3v) is 8.49. The Morgan fingerprint density at radius 2 is 1.91 bits per heavy atom. The van der Waals surface area contributed by atoms with Gasteiger partial charge in [0.25, 0.3) is 10.2 Å². The van der Waals surface area contributed by atoms with E-state index < -0.39 is 28.5 Å². The summed E-state index contributed by atoms with van der Waals surface area (Å²) in [5.74, 6) is -0.540. The molecule has 0 radical (unpaired) electrons. The first kappa shape index (κ1) is 23.3. The first-order chi connectivity index (χ1) is 14.9. The number of carbonyl (C=O) groups excluding carboxylic acids is 1. The third kappa shape index (κ3) is 4.32. The minimum atomic E-state index is -4.59. The zero-order chi connectivity index (χ0) is 23.3. The van der Waals surface area contributed by atoms with Crippen LogP contribution in [0.5, 0.6) is 0 Å². The Kier molecular flexibility index (Phi) is 5.92. The highest BCUT2D eigenvalue weighted by Gasteiger charge is 2.60. The summed E-state index contributed by atoms with van der Waals surface area (Å²) in [5, 5.41) is 0. The van der Waals surface area contributed by atoms with Crippen LogP contribution in [0.4, 0.5) is 13.2 Å². The van der Waals surface area contributed by atoms with Gasteiger partial charge < -0.3 is 4.74 Å². The smallest absolute Gasteiger partial charge is 0.402 e. The van der Waals surface area contributed by atoms with Gasteiger partial charge in [-0.2, -0.15) is 30.6 Å². The number of hydrogen-bond donors (Lipinski definition) is 1. The number of carbonyl (C=O) groups is 1. The zero-order valence-electron chi connectivity index (χ0n) is 18.0. The first-order valence-electron chi connectivity index (χ1n) is 10.8. The van der Waals surface area contributed by atoms with Gasteiger partial charge in [-0.3, -0.25) is 0 Å². The Hall–Kier alpha value is -1.91. The summed E-state index contributed by atoms with van der Waals surface area (Å²) in [6, 6.07) is 5.87. The highest BCUT2D eigenvalue weighted by molar-refractivity contribution is 7.87. The van der Waals surface area contributed by atoms with Crippen molar-refractivity contribution < 1.29 is 31.1 Å². The lowest BCUT2D eigenvalue weighted by molar-refractivity contribution is -0.138. The molecule has 3 aliphatic rings. The molecule has 1 aromatic rings. The molecule has 1 saturated heterocycles. The van der Waals surface area contributed by atoms with Crippen LogP contribution in [-0.2, 0) is 32.6 Å². The molecule has 10 heteroatoms. The molecule has 0 aromatic heterocycles. The lowest BCUT2D eigenvalue weighted by atomic mass is 9.79. The number of ether oxygens (including phenoxy) is 1. The van der Waals surface area contributed by atoms with Crippen molar-refractivity contribution in [3.8, 4) is 0 Å². The van der Waals surface area contributed by atoms with Gasteiger partial charge in [-0.1, -0.05) is 18.2 Å². The van der Waals surface area contributed by atoms with Crippen LogP contribution in [0.1, 0.15) is 43.4 Å². The summed E-state index contributed by atoms with van der Waals surface area (Å²) in [7, 11) is -4.19. The van der Waals surface area contributed by atoms with Crippen molar-refractivity contribution in [1.29, 1.82) is 0 Å². The maximum absolute atomic E-state index is 13.0. The van der Waals surface area contributed by atoms with Gasteiger partial charge in [0, 0.05) is 12.1 Å². The van der Waals surface area contributed by atoms with Crippen LogP contribution in [-0.4, -0.2) is 50.1 Å². The normalized spacial score (nSPS) is 29.7. The molecule has 2 fully saturated rings. The highest BCUT2D eigenvalue weighted by atomic mass is 32.2. The van der Waals surface area contributed by atoms with Crippen molar-refractivity contribution in [2.45, 2.75) is 51.2 Å². The van der Waals surface area contributed by atoms with Gasteiger partial charge in [0.15, 0.2) is 0 Å². The second-order valence-corrected chi connectivity index (χ2v) is 10.7. The van der Waals surface area contributed by atoms with Crippen LogP contribution in [0.2, 0.25) is 0 Å². The van der Waals surface area contributed by atoms with Crippen molar-refractivity contribution in [1.82, 2.24) is 9.03 Å². The third-order valence-electron chi connectivity index (χ3n) is 6.92. The quantitative estimate of drug-likeness (QED) is 0.539. The summed E-state index contributed by atoms with van der Waals surface area (Å²) in [5.41, 5.74) is 2.56. The first-order valence-corrected chi connectivity index (χ1v) is 12.2. The standard InChI is InChI=1S/C22H27F3N2O4S/c1-3-31-20(28)14(2)8-15-4-5-16-10-18-6-7-19(11-17(16)9-15)21(18)12-27(13-22(23,24)25)32(29,30)26-21/h4-5,8-9,18-19,26H,3,6-7,10-13H2,1-2H3/t18-,19+,21+/m0/s1. The predicted octanol–water partition coefficient (Wildman–Crippen LogP) is 3.23. The molecule has 3 atom stereocenters. The second-order valence-electron chi connectivity index (χ2n) is 8.99. The fourth-order valence-corrected chi connectivity index (χ4v) is 7.22. The summed E-state index contributed by atoms with van der Waals surface area (Å²) in [6.07, 6.45) is -0.126. The summed E-state index contributed by atoms with van der Waals surface area (Å²) in [6.45, 7) is 2.08. The van der Waals surface area contributed by atoms with Crippen molar-refractivity contribution >= 4 is 22.3 Å². The largest absolute Gasteiger partial charge is 0.463 e. The van der Waals surface area contributed by atoms with E-state index in [9.17, 15) is 26.4 Å².